The average molecular weight is 392 g/mol. The van der Waals surface area contributed by atoms with Gasteiger partial charge in [-0.15, -0.1) is 0 Å². The van der Waals surface area contributed by atoms with Crippen molar-refractivity contribution in [2.75, 3.05) is 19.6 Å². The number of fused-ring (bicyclic) bond motifs is 2. The Morgan fingerprint density at radius 3 is 3.00 bits per heavy atom. The van der Waals surface area contributed by atoms with E-state index < -0.39 is 0 Å². The third-order valence-electron chi connectivity index (χ3n) is 5.89. The van der Waals surface area contributed by atoms with Gasteiger partial charge in [-0.05, 0) is 49.7 Å². The molecular formula is C23H25FN4O. The number of benzene rings is 2. The molecule has 0 spiro atoms. The number of H-pyrrole nitrogens is 1. The van der Waals surface area contributed by atoms with E-state index in [9.17, 15) is 4.39 Å². The van der Waals surface area contributed by atoms with Crippen molar-refractivity contribution in [3.05, 3.63) is 54.3 Å². The molecule has 2 aromatic heterocycles. The highest BCUT2D eigenvalue weighted by molar-refractivity contribution is 5.97. The van der Waals surface area contributed by atoms with Crippen LogP contribution < -0.4 is 5.32 Å². The first-order chi connectivity index (χ1) is 14.1. The summed E-state index contributed by atoms with van der Waals surface area (Å²) in [6, 6.07) is 11.9. The second-order valence-electron chi connectivity index (χ2n) is 8.09. The van der Waals surface area contributed by atoms with Crippen LogP contribution in [0.1, 0.15) is 19.7 Å². The summed E-state index contributed by atoms with van der Waals surface area (Å²) in [5.74, 6) is 0.533. The number of oxazole rings is 1. The maximum atomic E-state index is 13.5. The number of nitrogens with one attached hydrogen (secondary N) is 2. The number of hydrogen-bond donors (Lipinski definition) is 2. The number of aromatic amines is 1. The zero-order chi connectivity index (χ0) is 20.0. The Hall–Kier alpha value is -2.70. The summed E-state index contributed by atoms with van der Waals surface area (Å²) in [4.78, 5) is 10.3. The lowest BCUT2D eigenvalue weighted by Gasteiger charge is -2.37. The molecule has 2 N–H and O–H groups in total. The van der Waals surface area contributed by atoms with Gasteiger partial charge in [-0.2, -0.15) is 0 Å². The van der Waals surface area contributed by atoms with Gasteiger partial charge in [0.15, 0.2) is 11.5 Å². The second kappa shape index (κ2) is 7.28. The topological polar surface area (TPSA) is 57.1 Å². The Labute approximate surface area is 168 Å². The van der Waals surface area contributed by atoms with Crippen molar-refractivity contribution in [1.82, 2.24) is 20.2 Å². The molecule has 29 heavy (non-hydrogen) atoms. The van der Waals surface area contributed by atoms with E-state index in [1.54, 1.807) is 0 Å². The van der Waals surface area contributed by atoms with Gasteiger partial charge < -0.3 is 14.7 Å². The molecule has 0 amide bonds. The number of piperazine rings is 1. The first-order valence-corrected chi connectivity index (χ1v) is 10.2. The number of aromatic nitrogens is 2. The zero-order valence-corrected chi connectivity index (χ0v) is 16.7. The maximum Gasteiger partial charge on any atom is 0.196 e. The molecule has 1 aliphatic rings. The summed E-state index contributed by atoms with van der Waals surface area (Å²) < 4.78 is 19.5. The first-order valence-electron chi connectivity index (χ1n) is 10.2. The molecule has 0 saturated carbocycles. The molecule has 5 rings (SSSR count). The molecule has 150 valence electrons. The summed E-state index contributed by atoms with van der Waals surface area (Å²) in [6.07, 6.45) is 2.71. The number of hydrogen-bond acceptors (Lipinski definition) is 4. The zero-order valence-electron chi connectivity index (χ0n) is 16.7. The summed E-state index contributed by atoms with van der Waals surface area (Å²) in [5, 5.41) is 4.51. The fourth-order valence-corrected chi connectivity index (χ4v) is 4.23. The Morgan fingerprint density at radius 2 is 2.10 bits per heavy atom. The Morgan fingerprint density at radius 1 is 1.21 bits per heavy atom. The average Bonchev–Trinajstić information content (AvgIpc) is 3.31. The molecule has 0 aliphatic carbocycles. The van der Waals surface area contributed by atoms with Gasteiger partial charge in [-0.1, -0.05) is 6.07 Å². The Kier molecular flexibility index (Phi) is 4.60. The summed E-state index contributed by atoms with van der Waals surface area (Å²) in [5.41, 5.74) is 4.51. The molecule has 3 heterocycles. The van der Waals surface area contributed by atoms with Crippen molar-refractivity contribution in [2.45, 2.75) is 32.4 Å². The fourth-order valence-electron chi connectivity index (χ4n) is 4.23. The van der Waals surface area contributed by atoms with Crippen molar-refractivity contribution in [3.8, 4) is 11.1 Å². The quantitative estimate of drug-likeness (QED) is 0.542. The third-order valence-corrected chi connectivity index (χ3v) is 5.89. The predicted octanol–water partition coefficient (Wildman–Crippen LogP) is 4.34. The van der Waals surface area contributed by atoms with E-state index in [0.717, 1.165) is 65.1 Å². The van der Waals surface area contributed by atoms with Gasteiger partial charge in [0.2, 0.25) is 0 Å². The standard InChI is InChI=1S/C23H25FN4O/c1-14-13-28(15(2)11-25-14)8-7-23-27-20-6-3-16(9-22(20)29-23)19-12-26-21-10-17(24)4-5-18(19)21/h3-6,9-10,12,14-15,25-26H,7-8,11,13H2,1-2H3/t14-,15+/m1/s1. The first kappa shape index (κ1) is 18.3. The lowest BCUT2D eigenvalue weighted by atomic mass is 10.0. The largest absolute Gasteiger partial charge is 0.441 e. The summed E-state index contributed by atoms with van der Waals surface area (Å²) in [7, 11) is 0. The van der Waals surface area contributed by atoms with Crippen LogP contribution in [0.2, 0.25) is 0 Å². The Balaban J connectivity index is 1.38. The molecule has 6 heteroatoms. The van der Waals surface area contributed by atoms with Crippen LogP contribution in [0.25, 0.3) is 33.1 Å². The highest BCUT2D eigenvalue weighted by Gasteiger charge is 2.22. The molecule has 4 aromatic rings. The van der Waals surface area contributed by atoms with E-state index in [4.69, 9.17) is 4.42 Å². The van der Waals surface area contributed by atoms with Crippen LogP contribution in [-0.4, -0.2) is 46.6 Å². The van der Waals surface area contributed by atoms with Gasteiger partial charge in [0.1, 0.15) is 11.3 Å². The fraction of sp³-hybridized carbons (Fsp3) is 0.348. The van der Waals surface area contributed by atoms with E-state index >= 15 is 0 Å². The summed E-state index contributed by atoms with van der Waals surface area (Å²) >= 11 is 0. The number of nitrogens with zero attached hydrogens (tertiary/aromatic N) is 2. The molecule has 1 fully saturated rings. The molecule has 0 radical (unpaired) electrons. The van der Waals surface area contributed by atoms with E-state index in [2.05, 4.69) is 34.0 Å². The maximum absolute atomic E-state index is 13.5. The van der Waals surface area contributed by atoms with Crippen molar-refractivity contribution in [2.24, 2.45) is 0 Å². The molecule has 2 aromatic carbocycles. The van der Waals surface area contributed by atoms with Gasteiger partial charge >= 0.3 is 0 Å². The highest BCUT2D eigenvalue weighted by Crippen LogP contribution is 2.31. The smallest absolute Gasteiger partial charge is 0.196 e. The molecule has 0 bridgehead atoms. The van der Waals surface area contributed by atoms with Crippen molar-refractivity contribution in [3.63, 3.8) is 0 Å². The third kappa shape index (κ3) is 3.54. The van der Waals surface area contributed by atoms with E-state index in [0.29, 0.717) is 12.1 Å². The van der Waals surface area contributed by atoms with Crippen LogP contribution in [0.4, 0.5) is 4.39 Å². The van der Waals surface area contributed by atoms with Crippen LogP contribution >= 0.6 is 0 Å². The molecule has 1 saturated heterocycles. The monoisotopic (exact) mass is 392 g/mol. The second-order valence-corrected chi connectivity index (χ2v) is 8.09. The normalized spacial score (nSPS) is 20.7. The lowest BCUT2D eigenvalue weighted by molar-refractivity contribution is 0.145. The van der Waals surface area contributed by atoms with E-state index in [1.807, 2.05) is 30.5 Å². The minimum absolute atomic E-state index is 0.241. The van der Waals surface area contributed by atoms with Crippen LogP contribution in [0.3, 0.4) is 0 Å². The van der Waals surface area contributed by atoms with Gasteiger partial charge in [0.05, 0.1) is 0 Å². The molecule has 0 unspecified atom stereocenters. The number of rotatable bonds is 4. The Bertz CT molecular complexity index is 1160. The van der Waals surface area contributed by atoms with Gasteiger partial charge in [-0.3, -0.25) is 4.90 Å². The van der Waals surface area contributed by atoms with Gasteiger partial charge in [0, 0.05) is 60.8 Å². The molecule has 5 nitrogen and oxygen atoms in total. The van der Waals surface area contributed by atoms with Crippen molar-refractivity contribution >= 4 is 22.0 Å². The van der Waals surface area contributed by atoms with Crippen LogP contribution in [-0.2, 0) is 6.42 Å². The van der Waals surface area contributed by atoms with Crippen LogP contribution in [0, 0.1) is 5.82 Å². The molecule has 1 aliphatic heterocycles. The summed E-state index contributed by atoms with van der Waals surface area (Å²) in [6.45, 7) is 7.49. The minimum atomic E-state index is -0.241. The van der Waals surface area contributed by atoms with Crippen LogP contribution in [0.5, 0.6) is 0 Å². The SMILES string of the molecule is C[C@@H]1CN(CCc2nc3ccc(-c4c[nH]c5cc(F)ccc45)cc3o2)[C@@H](C)CN1. The molecular weight excluding hydrogens is 367 g/mol. The minimum Gasteiger partial charge on any atom is -0.441 e. The van der Waals surface area contributed by atoms with E-state index in [-0.39, 0.29) is 5.82 Å². The molecule has 2 atom stereocenters. The van der Waals surface area contributed by atoms with Gasteiger partial charge in [-0.25, -0.2) is 9.37 Å². The highest BCUT2D eigenvalue weighted by atomic mass is 19.1. The van der Waals surface area contributed by atoms with Crippen molar-refractivity contribution < 1.29 is 8.81 Å². The number of halogens is 1. The van der Waals surface area contributed by atoms with Crippen LogP contribution in [0.15, 0.2) is 47.0 Å². The predicted molar refractivity (Wildman–Crippen MR) is 113 cm³/mol. The van der Waals surface area contributed by atoms with Gasteiger partial charge in [0.25, 0.3) is 0 Å². The van der Waals surface area contributed by atoms with E-state index in [1.165, 1.54) is 12.1 Å². The lowest BCUT2D eigenvalue weighted by Crippen LogP contribution is -2.54. The van der Waals surface area contributed by atoms with Crippen molar-refractivity contribution in [1.29, 1.82) is 0 Å².